The molecule has 0 saturated carbocycles. The van der Waals surface area contributed by atoms with Gasteiger partial charge in [0.25, 0.3) is 0 Å². The topological polar surface area (TPSA) is 58.6 Å². The number of amides is 1. The number of rotatable bonds is 3. The first kappa shape index (κ1) is 14.9. The maximum absolute atomic E-state index is 11.7. The summed E-state index contributed by atoms with van der Waals surface area (Å²) < 4.78 is 3.81. The van der Waals surface area contributed by atoms with Gasteiger partial charge in [-0.05, 0) is 0 Å². The van der Waals surface area contributed by atoms with E-state index in [1.807, 2.05) is 0 Å². The fraction of sp³-hybridized carbons (Fsp3) is 0.111. The van der Waals surface area contributed by atoms with Crippen molar-refractivity contribution in [2.45, 2.75) is 6.92 Å². The minimum atomic E-state index is -2.39. The molecule has 0 unspecified atom stereocenters. The summed E-state index contributed by atoms with van der Waals surface area (Å²) in [6.45, 7) is 1.35. The van der Waals surface area contributed by atoms with E-state index in [1.165, 1.54) is 6.92 Å². The van der Waals surface area contributed by atoms with Crippen molar-refractivity contribution in [3.8, 4) is 0 Å². The molecule has 0 atom stereocenters. The molecule has 1 N–H and O–H groups in total. The van der Waals surface area contributed by atoms with Crippen LogP contribution in [0.15, 0.2) is 30.3 Å². The number of nitrogens with zero attached hydrogens (tertiary/aromatic N) is 1. The van der Waals surface area contributed by atoms with Crippen molar-refractivity contribution in [1.29, 1.82) is 0 Å². The Morgan fingerprint density at radius 2 is 2.00 bits per heavy atom. The van der Waals surface area contributed by atoms with Gasteiger partial charge in [-0.2, -0.15) is 0 Å². The van der Waals surface area contributed by atoms with E-state index >= 15 is 0 Å². The van der Waals surface area contributed by atoms with E-state index in [0.717, 1.165) is 3.77 Å². The fourth-order valence-electron chi connectivity index (χ4n) is 1.04. The number of hydrogen-bond donors (Lipinski definition) is 2. The average molecular weight is 423 g/mol. The molecule has 1 amide bonds. The molecular weight excluding hydrogens is 413 g/mol. The number of carbonyl (C=O) groups is 2. The molecule has 90 valence electrons. The van der Waals surface area contributed by atoms with Crippen LogP contribution in [0, 0.1) is 0 Å². The van der Waals surface area contributed by atoms with Crippen LogP contribution in [-0.4, -0.2) is 28.8 Å². The van der Waals surface area contributed by atoms with Crippen molar-refractivity contribution in [2.24, 2.45) is 0 Å². The Balaban J connectivity index is 2.75. The third-order valence-corrected chi connectivity index (χ3v) is 12.2. The number of hydrogen-bond acceptors (Lipinski definition) is 5. The molecule has 0 aliphatic carbocycles. The van der Waals surface area contributed by atoms with Gasteiger partial charge in [0.05, 0.1) is 0 Å². The Morgan fingerprint density at radius 1 is 1.41 bits per heavy atom. The van der Waals surface area contributed by atoms with Gasteiger partial charge >= 0.3 is 122 Å². The summed E-state index contributed by atoms with van der Waals surface area (Å²) in [4.78, 5) is 28.1. The van der Waals surface area contributed by atoms with Crippen LogP contribution in [-0.2, 0) is 9.63 Å². The van der Waals surface area contributed by atoms with Gasteiger partial charge in [0.15, 0.2) is 0 Å². The van der Waals surface area contributed by atoms with Gasteiger partial charge in [0.2, 0.25) is 0 Å². The van der Waals surface area contributed by atoms with Crippen LogP contribution in [0.1, 0.15) is 17.3 Å². The van der Waals surface area contributed by atoms with Crippen molar-refractivity contribution in [1.82, 2.24) is 7.20 Å². The van der Waals surface area contributed by atoms with E-state index in [9.17, 15) is 9.59 Å². The Labute approximate surface area is 121 Å². The monoisotopic (exact) mass is 422 g/mol. The molecule has 8 heteroatoms. The fourth-order valence-corrected chi connectivity index (χ4v) is 5.50. The van der Waals surface area contributed by atoms with Crippen molar-refractivity contribution >= 4 is 57.5 Å². The zero-order valence-corrected chi connectivity index (χ0v) is 14.4. The molecule has 0 spiro atoms. The van der Waals surface area contributed by atoms with Crippen LogP contribution in [0.5, 0.6) is 0 Å². The third-order valence-electron chi connectivity index (χ3n) is 1.81. The van der Waals surface area contributed by atoms with Crippen LogP contribution in [0.3, 0.4) is 0 Å². The second kappa shape index (κ2) is 7.31. The van der Waals surface area contributed by atoms with Crippen molar-refractivity contribution in [3.05, 3.63) is 35.9 Å². The van der Waals surface area contributed by atoms with Gasteiger partial charge in [-0.1, -0.05) is 0 Å². The molecule has 0 radical (unpaired) electrons. The zero-order valence-electron chi connectivity index (χ0n) is 8.96. The maximum atomic E-state index is 11.7. The summed E-state index contributed by atoms with van der Waals surface area (Å²) in [6, 6.07) is 8.52. The van der Waals surface area contributed by atoms with Gasteiger partial charge in [0, 0.05) is 0 Å². The number of thiol groups is 1. The van der Waals surface area contributed by atoms with Gasteiger partial charge in [-0.3, -0.25) is 0 Å². The molecule has 0 heterocycles. The molecule has 0 aliphatic rings. The Hall–Kier alpha value is -0.164. The first-order valence-corrected chi connectivity index (χ1v) is 14.8. The minimum absolute atomic E-state index is 0.310. The molecule has 5 nitrogen and oxygen atoms in total. The first-order chi connectivity index (χ1) is 8.06. The summed E-state index contributed by atoms with van der Waals surface area (Å²) in [5.41, 5.74) is 0.406. The van der Waals surface area contributed by atoms with Crippen molar-refractivity contribution in [3.63, 3.8) is 0 Å². The molecule has 1 aromatic carbocycles. The van der Waals surface area contributed by atoms with E-state index in [0.29, 0.717) is 5.56 Å². The first-order valence-electron chi connectivity index (χ1n) is 4.67. The van der Waals surface area contributed by atoms with Crippen molar-refractivity contribution in [2.75, 3.05) is 0 Å². The predicted octanol–water partition coefficient (Wildman–Crippen LogP) is 1.46. The third kappa shape index (κ3) is 4.54. The molecule has 0 bridgehead atoms. The van der Waals surface area contributed by atoms with Crippen LogP contribution < -0.4 is 3.43 Å². The molecule has 1 aromatic rings. The SMILES string of the molecule is CC(=O)[N](OC(=O)c1ccccc1)[Ga]([I])[NH]S. The second-order valence-electron chi connectivity index (χ2n) is 3.05. The number of carbonyl (C=O) groups excluding carboxylic acids is 2. The number of benzene rings is 1. The van der Waals surface area contributed by atoms with Gasteiger partial charge in [0.1, 0.15) is 0 Å². The standard InChI is InChI=1S/C9H9NO3.Ga.HI.H2NS/c1-7(11)10-13-9(12)8-5-3-2-4-6-8;;;1-2/h2-6H,1H3,(H,10,11);;1H;1-2H/q;+3;;-1/p-2. The predicted molar refractivity (Wildman–Crippen MR) is 76.3 cm³/mol. The summed E-state index contributed by atoms with van der Waals surface area (Å²) in [5, 5.41) is 0. The van der Waals surface area contributed by atoms with Crippen LogP contribution in [0.4, 0.5) is 0 Å². The molecular formula is C9H10GaIN2O3S. The molecule has 0 saturated heterocycles. The Kier molecular flexibility index (Phi) is 6.41. The van der Waals surface area contributed by atoms with E-state index in [4.69, 9.17) is 4.84 Å². The Bertz CT molecular complexity index is 406. The second-order valence-corrected chi connectivity index (χ2v) is 13.5. The van der Waals surface area contributed by atoms with Gasteiger partial charge < -0.3 is 0 Å². The molecule has 1 rings (SSSR count). The van der Waals surface area contributed by atoms with E-state index in [2.05, 4.69) is 35.9 Å². The van der Waals surface area contributed by atoms with Crippen LogP contribution in [0.2, 0.25) is 0 Å². The summed E-state index contributed by atoms with van der Waals surface area (Å²) in [6.07, 6.45) is 0. The summed E-state index contributed by atoms with van der Waals surface area (Å²) in [5.74, 6) is -0.855. The summed E-state index contributed by atoms with van der Waals surface area (Å²) >= 11 is 3.58. The summed E-state index contributed by atoms with van der Waals surface area (Å²) in [7, 11) is 0. The average Bonchev–Trinajstić information content (AvgIpc) is 2.35. The van der Waals surface area contributed by atoms with E-state index < -0.39 is 19.1 Å². The quantitative estimate of drug-likeness (QED) is 0.335. The number of nitrogens with one attached hydrogen (secondary N) is 1. The normalized spacial score (nSPS) is 9.59. The van der Waals surface area contributed by atoms with Gasteiger partial charge in [-0.25, -0.2) is 0 Å². The Morgan fingerprint density at radius 3 is 2.47 bits per heavy atom. The number of halogens is 1. The van der Waals surface area contributed by atoms with Crippen LogP contribution in [0.25, 0.3) is 0 Å². The van der Waals surface area contributed by atoms with Gasteiger partial charge in [-0.15, -0.1) is 0 Å². The van der Waals surface area contributed by atoms with E-state index in [1.54, 1.807) is 30.3 Å². The van der Waals surface area contributed by atoms with E-state index in [-0.39, 0.29) is 5.91 Å². The van der Waals surface area contributed by atoms with Crippen molar-refractivity contribution < 1.29 is 14.4 Å². The molecule has 0 aliphatic heterocycles. The molecule has 17 heavy (non-hydrogen) atoms. The number of hydroxylamine groups is 1. The molecule has 0 aromatic heterocycles. The molecule has 0 fully saturated rings. The zero-order chi connectivity index (χ0) is 12.8. The van der Waals surface area contributed by atoms with Crippen LogP contribution >= 0.6 is 32.5 Å².